The third-order valence-corrected chi connectivity index (χ3v) is 6.72. The number of ether oxygens (including phenoxy) is 2. The normalized spacial score (nSPS) is 23.8. The fraction of sp³-hybridized carbons (Fsp3) is 0.545. The summed E-state index contributed by atoms with van der Waals surface area (Å²) in [6.07, 6.45) is 3.78. The highest BCUT2D eigenvalue weighted by molar-refractivity contribution is 5.94. The monoisotopic (exact) mass is 411 g/mol. The Morgan fingerprint density at radius 2 is 2.07 bits per heavy atom. The van der Waals surface area contributed by atoms with E-state index in [2.05, 4.69) is 19.4 Å². The number of carbonyl (C=O) groups is 1. The van der Waals surface area contributed by atoms with Crippen LogP contribution in [0.4, 0.5) is 0 Å². The maximum absolute atomic E-state index is 13.3. The number of carbonyl (C=O) groups excluding carboxylic acids is 1. The zero-order valence-corrected chi connectivity index (χ0v) is 17.7. The summed E-state index contributed by atoms with van der Waals surface area (Å²) in [7, 11) is 3.67. The summed E-state index contributed by atoms with van der Waals surface area (Å²) < 4.78 is 13.1. The van der Waals surface area contributed by atoms with Crippen LogP contribution in [0.1, 0.15) is 16.1 Å². The number of aromatic nitrogens is 2. The van der Waals surface area contributed by atoms with Crippen molar-refractivity contribution < 1.29 is 14.3 Å². The van der Waals surface area contributed by atoms with Gasteiger partial charge in [-0.15, -0.1) is 0 Å². The Hall–Kier alpha value is -2.42. The van der Waals surface area contributed by atoms with Crippen LogP contribution in [-0.4, -0.2) is 94.8 Å². The summed E-state index contributed by atoms with van der Waals surface area (Å²) in [5.41, 5.74) is 1.93. The summed E-state index contributed by atoms with van der Waals surface area (Å²) in [4.78, 5) is 24.6. The number of benzene rings is 1. The summed E-state index contributed by atoms with van der Waals surface area (Å²) >= 11 is 0. The molecule has 30 heavy (non-hydrogen) atoms. The van der Waals surface area contributed by atoms with Crippen LogP contribution in [0.25, 0.3) is 0 Å². The van der Waals surface area contributed by atoms with E-state index in [1.54, 1.807) is 7.11 Å². The first-order chi connectivity index (χ1) is 14.6. The van der Waals surface area contributed by atoms with E-state index in [1.807, 2.05) is 48.7 Å². The zero-order valence-electron chi connectivity index (χ0n) is 17.7. The number of methoxy groups -OCH3 is 1. The van der Waals surface area contributed by atoms with Crippen molar-refractivity contribution in [3.63, 3.8) is 0 Å². The van der Waals surface area contributed by atoms with Crippen molar-refractivity contribution in [2.24, 2.45) is 7.05 Å². The molecule has 8 heteroatoms. The SMILES string of the molecule is COc1ccc(C(=O)N2CC3COCCN3C3(CN(Cc4cncn4C)C3)C2)cc1. The minimum Gasteiger partial charge on any atom is -0.497 e. The minimum atomic E-state index is 0.00736. The molecule has 1 aromatic carbocycles. The van der Waals surface area contributed by atoms with Crippen LogP contribution < -0.4 is 4.74 Å². The highest BCUT2D eigenvalue weighted by Gasteiger charge is 2.54. The van der Waals surface area contributed by atoms with Crippen molar-refractivity contribution in [1.82, 2.24) is 24.3 Å². The number of morpholine rings is 1. The number of nitrogens with zero attached hydrogens (tertiary/aromatic N) is 5. The van der Waals surface area contributed by atoms with Crippen molar-refractivity contribution in [2.45, 2.75) is 18.1 Å². The Labute approximate surface area is 177 Å². The maximum Gasteiger partial charge on any atom is 0.253 e. The van der Waals surface area contributed by atoms with Crippen LogP contribution in [-0.2, 0) is 18.3 Å². The first-order valence-corrected chi connectivity index (χ1v) is 10.5. The molecule has 0 saturated carbocycles. The Kier molecular flexibility index (Phi) is 5.00. The van der Waals surface area contributed by atoms with Crippen LogP contribution in [0.2, 0.25) is 0 Å². The summed E-state index contributed by atoms with van der Waals surface area (Å²) in [6.45, 7) is 6.68. The van der Waals surface area contributed by atoms with E-state index in [0.717, 1.165) is 45.1 Å². The van der Waals surface area contributed by atoms with Gasteiger partial charge in [-0.25, -0.2) is 4.98 Å². The Bertz CT molecular complexity index is 906. The lowest BCUT2D eigenvalue weighted by Crippen LogP contribution is -2.80. The number of aryl methyl sites for hydroxylation is 1. The van der Waals surface area contributed by atoms with E-state index in [-0.39, 0.29) is 17.5 Å². The molecule has 160 valence electrons. The molecule has 1 unspecified atom stereocenters. The van der Waals surface area contributed by atoms with Gasteiger partial charge in [-0.2, -0.15) is 0 Å². The zero-order chi connectivity index (χ0) is 20.7. The summed E-state index contributed by atoms with van der Waals surface area (Å²) in [6, 6.07) is 7.66. The van der Waals surface area contributed by atoms with E-state index < -0.39 is 0 Å². The van der Waals surface area contributed by atoms with Crippen molar-refractivity contribution in [2.75, 3.05) is 53.0 Å². The van der Waals surface area contributed by atoms with E-state index in [0.29, 0.717) is 18.7 Å². The second-order valence-electron chi connectivity index (χ2n) is 8.70. The number of likely N-dealkylation sites (tertiary alicyclic amines) is 1. The molecule has 1 atom stereocenters. The molecule has 0 bridgehead atoms. The molecule has 0 radical (unpaired) electrons. The molecule has 1 amide bonds. The minimum absolute atomic E-state index is 0.00736. The van der Waals surface area contributed by atoms with Crippen LogP contribution in [0.3, 0.4) is 0 Å². The van der Waals surface area contributed by atoms with Crippen LogP contribution >= 0.6 is 0 Å². The van der Waals surface area contributed by atoms with Gasteiger partial charge in [0.15, 0.2) is 0 Å². The number of rotatable bonds is 4. The maximum atomic E-state index is 13.3. The molecule has 5 rings (SSSR count). The highest BCUT2D eigenvalue weighted by Crippen LogP contribution is 2.36. The average Bonchev–Trinajstić information content (AvgIpc) is 3.16. The van der Waals surface area contributed by atoms with Gasteiger partial charge in [-0.1, -0.05) is 0 Å². The molecule has 3 fully saturated rings. The van der Waals surface area contributed by atoms with Gasteiger partial charge in [0.25, 0.3) is 5.91 Å². The van der Waals surface area contributed by atoms with Gasteiger partial charge in [-0.05, 0) is 24.3 Å². The predicted octanol–water partition coefficient (Wildman–Crippen LogP) is 0.840. The van der Waals surface area contributed by atoms with Gasteiger partial charge >= 0.3 is 0 Å². The van der Waals surface area contributed by atoms with Crippen LogP contribution in [0.15, 0.2) is 36.8 Å². The Morgan fingerprint density at radius 3 is 2.77 bits per heavy atom. The predicted molar refractivity (Wildman–Crippen MR) is 111 cm³/mol. The molecule has 4 heterocycles. The highest BCUT2D eigenvalue weighted by atomic mass is 16.5. The standard InChI is InChI=1S/C22H29N5O3/c1-24-16-23-9-18(24)10-25-13-22(14-25)15-26(11-19-12-30-8-7-27(19)22)21(28)17-3-5-20(29-2)6-4-17/h3-6,9,16,19H,7-8,10-15H2,1-2H3. The number of piperazine rings is 1. The van der Waals surface area contributed by atoms with Gasteiger partial charge in [-0.3, -0.25) is 14.6 Å². The fourth-order valence-corrected chi connectivity index (χ4v) is 5.21. The first-order valence-electron chi connectivity index (χ1n) is 10.5. The van der Waals surface area contributed by atoms with Crippen molar-refractivity contribution in [3.05, 3.63) is 48.0 Å². The second-order valence-corrected chi connectivity index (χ2v) is 8.70. The lowest BCUT2D eigenvalue weighted by molar-refractivity contribution is -0.160. The van der Waals surface area contributed by atoms with E-state index in [9.17, 15) is 4.79 Å². The topological polar surface area (TPSA) is 63.1 Å². The fourth-order valence-electron chi connectivity index (χ4n) is 5.21. The largest absolute Gasteiger partial charge is 0.497 e. The van der Waals surface area contributed by atoms with E-state index in [1.165, 1.54) is 5.69 Å². The van der Waals surface area contributed by atoms with E-state index >= 15 is 0 Å². The molecule has 0 aliphatic carbocycles. The van der Waals surface area contributed by atoms with Crippen LogP contribution in [0.5, 0.6) is 5.75 Å². The number of amides is 1. The van der Waals surface area contributed by atoms with Crippen molar-refractivity contribution in [3.8, 4) is 5.75 Å². The third kappa shape index (κ3) is 3.38. The van der Waals surface area contributed by atoms with Gasteiger partial charge in [0.05, 0.1) is 43.9 Å². The molecule has 3 aliphatic rings. The van der Waals surface area contributed by atoms with E-state index in [4.69, 9.17) is 9.47 Å². The number of imidazole rings is 1. The summed E-state index contributed by atoms with van der Waals surface area (Å²) in [5, 5.41) is 0. The molecule has 3 aliphatic heterocycles. The van der Waals surface area contributed by atoms with Gasteiger partial charge < -0.3 is 18.9 Å². The van der Waals surface area contributed by atoms with Gasteiger partial charge in [0.2, 0.25) is 0 Å². The summed E-state index contributed by atoms with van der Waals surface area (Å²) in [5.74, 6) is 0.852. The van der Waals surface area contributed by atoms with Gasteiger partial charge in [0.1, 0.15) is 5.75 Å². The Morgan fingerprint density at radius 1 is 1.27 bits per heavy atom. The van der Waals surface area contributed by atoms with Crippen molar-refractivity contribution in [1.29, 1.82) is 0 Å². The van der Waals surface area contributed by atoms with Crippen LogP contribution in [0, 0.1) is 0 Å². The molecule has 1 spiro atoms. The first kappa shape index (κ1) is 19.5. The average molecular weight is 412 g/mol. The second kappa shape index (κ2) is 7.68. The smallest absolute Gasteiger partial charge is 0.253 e. The molecule has 3 saturated heterocycles. The molecular weight excluding hydrogens is 382 g/mol. The number of fused-ring (bicyclic) bond motifs is 2. The number of hydrogen-bond donors (Lipinski definition) is 0. The molecular formula is C22H29N5O3. The molecule has 2 aromatic rings. The molecule has 8 nitrogen and oxygen atoms in total. The number of hydrogen-bond acceptors (Lipinski definition) is 6. The van der Waals surface area contributed by atoms with Crippen molar-refractivity contribution >= 4 is 5.91 Å². The third-order valence-electron chi connectivity index (χ3n) is 6.72. The molecule has 0 N–H and O–H groups in total. The van der Waals surface area contributed by atoms with Gasteiger partial charge in [0, 0.05) is 58.1 Å². The molecule has 1 aromatic heterocycles. The quantitative estimate of drug-likeness (QED) is 0.743. The lowest BCUT2D eigenvalue weighted by atomic mass is 9.82. The lowest BCUT2D eigenvalue weighted by Gasteiger charge is -2.63. The Balaban J connectivity index is 1.33.